The van der Waals surface area contributed by atoms with Crippen LogP contribution in [-0.4, -0.2) is 17.0 Å². The lowest BCUT2D eigenvalue weighted by Gasteiger charge is -2.62. The van der Waals surface area contributed by atoms with Crippen LogP contribution in [0.4, 0.5) is 0 Å². The highest BCUT2D eigenvalue weighted by Gasteiger charge is 2.61. The Morgan fingerprint density at radius 1 is 1.05 bits per heavy atom. The van der Waals surface area contributed by atoms with E-state index in [2.05, 4.69) is 20.8 Å². The van der Waals surface area contributed by atoms with Crippen molar-refractivity contribution in [2.75, 3.05) is 0 Å². The molecule has 124 valence electrons. The summed E-state index contributed by atoms with van der Waals surface area (Å²) in [4.78, 5) is 12.4. The number of aliphatic hydroxyl groups is 1. The molecule has 1 N–H and O–H groups in total. The zero-order valence-corrected chi connectivity index (χ0v) is 14.5. The lowest BCUT2D eigenvalue weighted by Crippen LogP contribution is -2.56. The Labute approximate surface area is 135 Å². The molecule has 0 saturated heterocycles. The Bertz CT molecular complexity index is 486. The molecule has 0 bridgehead atoms. The molecule has 4 rings (SSSR count). The maximum atomic E-state index is 12.4. The van der Waals surface area contributed by atoms with E-state index in [1.165, 1.54) is 19.3 Å². The van der Waals surface area contributed by atoms with Crippen molar-refractivity contribution in [2.45, 2.75) is 78.2 Å². The summed E-state index contributed by atoms with van der Waals surface area (Å²) < 4.78 is 0. The van der Waals surface area contributed by atoms with Crippen molar-refractivity contribution < 1.29 is 9.90 Å². The van der Waals surface area contributed by atoms with Gasteiger partial charge in [0, 0.05) is 11.8 Å². The summed E-state index contributed by atoms with van der Waals surface area (Å²) in [6, 6.07) is 0. The predicted molar refractivity (Wildman–Crippen MR) is 87.3 cm³/mol. The average molecular weight is 304 g/mol. The van der Waals surface area contributed by atoms with Crippen LogP contribution in [0.5, 0.6) is 0 Å². The number of carbonyl (C=O) groups excluding carboxylic acids is 1. The van der Waals surface area contributed by atoms with E-state index in [0.717, 1.165) is 43.9 Å². The monoisotopic (exact) mass is 304 g/mol. The number of fused-ring (bicyclic) bond motifs is 5. The third-order valence-electron chi connectivity index (χ3n) is 8.92. The van der Waals surface area contributed by atoms with Crippen molar-refractivity contribution in [2.24, 2.45) is 40.4 Å². The predicted octanol–water partition coefficient (Wildman–Crippen LogP) is 4.21. The number of hydrogen-bond acceptors (Lipinski definition) is 2. The van der Waals surface area contributed by atoms with E-state index in [1.807, 2.05) is 0 Å². The van der Waals surface area contributed by atoms with Gasteiger partial charge in [-0.05, 0) is 80.0 Å². The number of rotatable bonds is 0. The molecule has 0 spiro atoms. The van der Waals surface area contributed by atoms with Gasteiger partial charge < -0.3 is 5.11 Å². The molecule has 0 aromatic rings. The Morgan fingerprint density at radius 2 is 1.82 bits per heavy atom. The first-order valence-electron chi connectivity index (χ1n) is 9.58. The summed E-state index contributed by atoms with van der Waals surface area (Å²) in [5, 5.41) is 10.2. The molecule has 4 aliphatic rings. The van der Waals surface area contributed by atoms with Gasteiger partial charge >= 0.3 is 0 Å². The fraction of sp³-hybridized carbons (Fsp3) is 0.950. The average Bonchev–Trinajstić information content (AvgIpc) is 2.77. The Morgan fingerprint density at radius 3 is 2.59 bits per heavy atom. The van der Waals surface area contributed by atoms with Gasteiger partial charge in [-0.3, -0.25) is 4.79 Å². The first kappa shape index (κ1) is 15.2. The standard InChI is InChI=1S/C20H32O2/c1-12-10-14(21)11-13-4-5-15-16-6-7-18(22)19(16,2)9-8-17(15)20(12,13)3/h12-17,21H,4-11H2,1-3H3/t12?,13?,14?,15-,16-,17+,19-,20-/m0/s1. The highest BCUT2D eigenvalue weighted by atomic mass is 16.3. The third kappa shape index (κ3) is 1.79. The van der Waals surface area contributed by atoms with Crippen LogP contribution >= 0.6 is 0 Å². The van der Waals surface area contributed by atoms with E-state index in [0.29, 0.717) is 29.0 Å². The molecule has 0 heterocycles. The Kier molecular flexibility index (Phi) is 3.32. The smallest absolute Gasteiger partial charge is 0.139 e. The molecule has 8 atom stereocenters. The van der Waals surface area contributed by atoms with Gasteiger partial charge in [-0.2, -0.15) is 0 Å². The molecule has 4 fully saturated rings. The summed E-state index contributed by atoms with van der Waals surface area (Å²) in [5.74, 6) is 4.08. The maximum Gasteiger partial charge on any atom is 0.139 e. The van der Waals surface area contributed by atoms with Crippen molar-refractivity contribution in [1.82, 2.24) is 0 Å². The number of Topliss-reactive ketones (excluding diaryl/α,β-unsaturated/α-hetero) is 1. The minimum atomic E-state index is -0.0773. The zero-order valence-electron chi connectivity index (χ0n) is 14.5. The van der Waals surface area contributed by atoms with Gasteiger partial charge in [0.05, 0.1) is 6.10 Å². The van der Waals surface area contributed by atoms with Crippen LogP contribution in [0.3, 0.4) is 0 Å². The molecule has 3 unspecified atom stereocenters. The van der Waals surface area contributed by atoms with Crippen LogP contribution in [-0.2, 0) is 4.79 Å². The van der Waals surface area contributed by atoms with E-state index in [9.17, 15) is 9.90 Å². The SMILES string of the molecule is CC1CC(O)CC2CC[C@@H]3[C@@H](CC[C@]4(C)C(=O)CC[C@@H]34)[C@@]12C. The number of carbonyl (C=O) groups is 1. The fourth-order valence-corrected chi connectivity index (χ4v) is 7.47. The van der Waals surface area contributed by atoms with E-state index in [1.54, 1.807) is 0 Å². The van der Waals surface area contributed by atoms with E-state index in [-0.39, 0.29) is 11.5 Å². The molecule has 22 heavy (non-hydrogen) atoms. The van der Waals surface area contributed by atoms with Gasteiger partial charge in [-0.25, -0.2) is 0 Å². The molecule has 2 heteroatoms. The normalized spacial score (nSPS) is 57.9. The molecule has 0 aliphatic heterocycles. The lowest BCUT2D eigenvalue weighted by molar-refractivity contribution is -0.155. The van der Waals surface area contributed by atoms with E-state index in [4.69, 9.17) is 0 Å². The molecular weight excluding hydrogens is 272 g/mol. The van der Waals surface area contributed by atoms with E-state index < -0.39 is 0 Å². The van der Waals surface area contributed by atoms with Crippen LogP contribution in [0.15, 0.2) is 0 Å². The van der Waals surface area contributed by atoms with Crippen LogP contribution < -0.4 is 0 Å². The van der Waals surface area contributed by atoms with E-state index >= 15 is 0 Å². The van der Waals surface area contributed by atoms with Gasteiger partial charge in [0.1, 0.15) is 5.78 Å². The van der Waals surface area contributed by atoms with Gasteiger partial charge in [0.15, 0.2) is 0 Å². The summed E-state index contributed by atoms with van der Waals surface area (Å²) in [6.07, 6.45) is 8.85. The van der Waals surface area contributed by atoms with Gasteiger partial charge in [-0.1, -0.05) is 20.8 Å². The Balaban J connectivity index is 1.67. The topological polar surface area (TPSA) is 37.3 Å². The van der Waals surface area contributed by atoms with Crippen molar-refractivity contribution >= 4 is 5.78 Å². The molecule has 4 aliphatic carbocycles. The highest BCUT2D eigenvalue weighted by Crippen LogP contribution is 2.66. The quantitative estimate of drug-likeness (QED) is 0.728. The van der Waals surface area contributed by atoms with Crippen LogP contribution in [0.1, 0.15) is 72.1 Å². The minimum absolute atomic E-state index is 0.00177. The summed E-state index contributed by atoms with van der Waals surface area (Å²) in [7, 11) is 0. The molecule has 0 radical (unpaired) electrons. The summed E-state index contributed by atoms with van der Waals surface area (Å²) in [6.45, 7) is 7.18. The summed E-state index contributed by atoms with van der Waals surface area (Å²) in [5.41, 5.74) is 0.400. The largest absolute Gasteiger partial charge is 0.393 e. The maximum absolute atomic E-state index is 12.4. The molecule has 0 amide bonds. The minimum Gasteiger partial charge on any atom is -0.393 e. The second-order valence-corrected chi connectivity index (χ2v) is 9.46. The first-order valence-corrected chi connectivity index (χ1v) is 9.58. The molecule has 0 aromatic heterocycles. The summed E-state index contributed by atoms with van der Waals surface area (Å²) >= 11 is 0. The van der Waals surface area contributed by atoms with Gasteiger partial charge in [0.25, 0.3) is 0 Å². The fourth-order valence-electron chi connectivity index (χ4n) is 7.47. The van der Waals surface area contributed by atoms with Crippen molar-refractivity contribution in [3.05, 3.63) is 0 Å². The van der Waals surface area contributed by atoms with Crippen molar-refractivity contribution in [3.8, 4) is 0 Å². The second kappa shape index (κ2) is 4.82. The van der Waals surface area contributed by atoms with Crippen molar-refractivity contribution in [3.63, 3.8) is 0 Å². The lowest BCUT2D eigenvalue weighted by atomic mass is 9.43. The highest BCUT2D eigenvalue weighted by molar-refractivity contribution is 5.87. The van der Waals surface area contributed by atoms with Gasteiger partial charge in [-0.15, -0.1) is 0 Å². The van der Waals surface area contributed by atoms with Gasteiger partial charge in [0.2, 0.25) is 0 Å². The molecule has 0 aromatic carbocycles. The van der Waals surface area contributed by atoms with Crippen LogP contribution in [0, 0.1) is 40.4 Å². The number of ketones is 1. The Hall–Kier alpha value is -0.370. The molecule has 4 saturated carbocycles. The number of aliphatic hydroxyl groups excluding tert-OH is 1. The first-order chi connectivity index (χ1) is 10.4. The van der Waals surface area contributed by atoms with Crippen LogP contribution in [0.25, 0.3) is 0 Å². The molecule has 2 nitrogen and oxygen atoms in total. The second-order valence-electron chi connectivity index (χ2n) is 9.46. The third-order valence-corrected chi connectivity index (χ3v) is 8.92. The van der Waals surface area contributed by atoms with Crippen molar-refractivity contribution in [1.29, 1.82) is 0 Å². The molecular formula is C20H32O2. The van der Waals surface area contributed by atoms with Crippen LogP contribution in [0.2, 0.25) is 0 Å². The number of hydrogen-bond donors (Lipinski definition) is 1. The zero-order chi connectivity index (χ0) is 15.7.